The van der Waals surface area contributed by atoms with Crippen molar-refractivity contribution in [3.8, 4) is 11.5 Å². The van der Waals surface area contributed by atoms with Gasteiger partial charge in [0.05, 0.1) is 5.54 Å². The van der Waals surface area contributed by atoms with E-state index < -0.39 is 17.2 Å². The highest BCUT2D eigenvalue weighted by Gasteiger charge is 2.25. The molecule has 1 amide bonds. The molecule has 2 N–H and O–H groups in total. The van der Waals surface area contributed by atoms with Crippen LogP contribution < -0.4 is 10.1 Å². The Bertz CT molecular complexity index is 446. The Hall–Kier alpha value is -1.91. The Balaban J connectivity index is 2.48. The van der Waals surface area contributed by atoms with Crippen molar-refractivity contribution in [1.82, 2.24) is 5.32 Å². The Labute approximate surface area is 119 Å². The van der Waals surface area contributed by atoms with Crippen molar-refractivity contribution in [1.29, 1.82) is 0 Å². The van der Waals surface area contributed by atoms with Crippen molar-refractivity contribution in [3.63, 3.8) is 0 Å². The minimum atomic E-state index is -0.569. The molecular weight excluding hydrogens is 258 g/mol. The molecule has 0 unspecified atom stereocenters. The van der Waals surface area contributed by atoms with E-state index in [2.05, 4.69) is 5.32 Å². The van der Waals surface area contributed by atoms with E-state index in [1.54, 1.807) is 24.3 Å². The zero-order valence-corrected chi connectivity index (χ0v) is 12.7. The number of phenols is 1. The predicted octanol–water partition coefficient (Wildman–Crippen LogP) is 3.07. The van der Waals surface area contributed by atoms with Crippen LogP contribution in [0.2, 0.25) is 0 Å². The molecule has 0 radical (unpaired) electrons. The van der Waals surface area contributed by atoms with Gasteiger partial charge in [0.1, 0.15) is 23.7 Å². The Morgan fingerprint density at radius 3 is 2.20 bits per heavy atom. The number of rotatable bonds is 4. The minimum absolute atomic E-state index is 0.184. The molecule has 1 rings (SSSR count). The molecule has 0 saturated heterocycles. The Kier molecular flexibility index (Phi) is 4.87. The van der Waals surface area contributed by atoms with Gasteiger partial charge in [-0.1, -0.05) is 0 Å². The van der Waals surface area contributed by atoms with Crippen LogP contribution in [0.5, 0.6) is 11.5 Å². The van der Waals surface area contributed by atoms with Crippen molar-refractivity contribution >= 4 is 6.09 Å². The summed E-state index contributed by atoms with van der Waals surface area (Å²) >= 11 is 0. The lowest BCUT2D eigenvalue weighted by Crippen LogP contribution is -2.49. The molecule has 1 aromatic rings. The zero-order valence-electron chi connectivity index (χ0n) is 12.7. The van der Waals surface area contributed by atoms with Crippen LogP contribution >= 0.6 is 0 Å². The van der Waals surface area contributed by atoms with E-state index in [1.807, 2.05) is 34.6 Å². The average molecular weight is 281 g/mol. The van der Waals surface area contributed by atoms with Gasteiger partial charge in [0.25, 0.3) is 0 Å². The first-order chi connectivity index (χ1) is 9.07. The third-order valence-electron chi connectivity index (χ3n) is 2.28. The predicted molar refractivity (Wildman–Crippen MR) is 77.1 cm³/mol. The van der Waals surface area contributed by atoms with Crippen LogP contribution in [0, 0.1) is 0 Å². The zero-order chi connectivity index (χ0) is 15.4. The number of aromatic hydroxyl groups is 1. The van der Waals surface area contributed by atoms with E-state index in [4.69, 9.17) is 9.47 Å². The molecule has 0 aliphatic carbocycles. The number of amides is 1. The van der Waals surface area contributed by atoms with Gasteiger partial charge in [-0.25, -0.2) is 4.79 Å². The highest BCUT2D eigenvalue weighted by Crippen LogP contribution is 2.17. The quantitative estimate of drug-likeness (QED) is 0.890. The summed E-state index contributed by atoms with van der Waals surface area (Å²) in [4.78, 5) is 11.7. The summed E-state index contributed by atoms with van der Waals surface area (Å²) < 4.78 is 10.8. The lowest BCUT2D eigenvalue weighted by Gasteiger charge is -2.28. The smallest absolute Gasteiger partial charge is 0.408 e. The third-order valence-corrected chi connectivity index (χ3v) is 2.28. The summed E-state index contributed by atoms with van der Waals surface area (Å²) in [5.41, 5.74) is -1.10. The molecule has 1 aromatic carbocycles. The Morgan fingerprint density at radius 2 is 1.70 bits per heavy atom. The van der Waals surface area contributed by atoms with E-state index in [9.17, 15) is 9.90 Å². The van der Waals surface area contributed by atoms with Crippen molar-refractivity contribution in [3.05, 3.63) is 24.3 Å². The first-order valence-corrected chi connectivity index (χ1v) is 6.50. The number of hydrogen-bond donors (Lipinski definition) is 2. The average Bonchev–Trinajstić information content (AvgIpc) is 2.24. The molecule has 112 valence electrons. The maximum absolute atomic E-state index is 11.7. The second kappa shape index (κ2) is 6.03. The van der Waals surface area contributed by atoms with Gasteiger partial charge in [0.2, 0.25) is 0 Å². The van der Waals surface area contributed by atoms with E-state index >= 15 is 0 Å². The summed E-state index contributed by atoms with van der Waals surface area (Å²) in [5.74, 6) is 0.811. The number of alkyl carbamates (subject to hydrolysis) is 1. The fourth-order valence-corrected chi connectivity index (χ4v) is 1.42. The molecule has 0 heterocycles. The number of phenolic OH excluding ortho intramolecular Hbond substituents is 1. The van der Waals surface area contributed by atoms with Crippen molar-refractivity contribution in [2.24, 2.45) is 0 Å². The second-order valence-electron chi connectivity index (χ2n) is 6.29. The lowest BCUT2D eigenvalue weighted by molar-refractivity contribution is 0.0441. The first-order valence-electron chi connectivity index (χ1n) is 6.50. The van der Waals surface area contributed by atoms with Crippen LogP contribution in [0.4, 0.5) is 4.79 Å². The number of ether oxygens (including phenoxy) is 2. The summed E-state index contributed by atoms with van der Waals surface area (Å²) in [6.45, 7) is 9.41. The van der Waals surface area contributed by atoms with Gasteiger partial charge in [-0.05, 0) is 58.9 Å². The Morgan fingerprint density at radius 1 is 1.15 bits per heavy atom. The molecular formula is C15H23NO4. The van der Waals surface area contributed by atoms with Crippen molar-refractivity contribution in [2.75, 3.05) is 6.61 Å². The largest absolute Gasteiger partial charge is 0.508 e. The molecule has 0 aromatic heterocycles. The monoisotopic (exact) mass is 281 g/mol. The SMILES string of the molecule is CC(C)(COc1ccc(O)cc1)NC(=O)OC(C)(C)C. The molecule has 20 heavy (non-hydrogen) atoms. The van der Waals surface area contributed by atoms with E-state index in [0.717, 1.165) is 0 Å². The van der Waals surface area contributed by atoms with Crippen molar-refractivity contribution < 1.29 is 19.4 Å². The fourth-order valence-electron chi connectivity index (χ4n) is 1.42. The molecule has 0 saturated carbocycles. The summed E-state index contributed by atoms with van der Waals surface area (Å²) in [5, 5.41) is 11.9. The van der Waals surface area contributed by atoms with Crippen LogP contribution in [0.1, 0.15) is 34.6 Å². The molecule has 0 atom stereocenters. The summed E-state index contributed by atoms with van der Waals surface area (Å²) in [6.07, 6.45) is -0.475. The standard InChI is InChI=1S/C15H23NO4/c1-14(2,3)20-13(18)16-15(4,5)10-19-12-8-6-11(17)7-9-12/h6-9,17H,10H2,1-5H3,(H,16,18). The molecule has 0 spiro atoms. The van der Waals surface area contributed by atoms with E-state index in [-0.39, 0.29) is 12.4 Å². The lowest BCUT2D eigenvalue weighted by atomic mass is 10.1. The number of benzene rings is 1. The molecule has 5 heteroatoms. The number of hydrogen-bond acceptors (Lipinski definition) is 4. The van der Waals surface area contributed by atoms with Crippen LogP contribution in [-0.4, -0.2) is 28.9 Å². The van der Waals surface area contributed by atoms with Gasteiger partial charge in [-0.3, -0.25) is 0 Å². The number of nitrogens with one attached hydrogen (secondary N) is 1. The maximum Gasteiger partial charge on any atom is 0.408 e. The number of carbonyl (C=O) groups is 1. The van der Waals surface area contributed by atoms with Gasteiger partial charge < -0.3 is 19.9 Å². The van der Waals surface area contributed by atoms with E-state index in [0.29, 0.717) is 5.75 Å². The van der Waals surface area contributed by atoms with Crippen LogP contribution in [0.15, 0.2) is 24.3 Å². The van der Waals surface area contributed by atoms with Crippen LogP contribution in [0.25, 0.3) is 0 Å². The molecule has 5 nitrogen and oxygen atoms in total. The molecule has 0 aliphatic rings. The van der Waals surface area contributed by atoms with E-state index in [1.165, 1.54) is 0 Å². The second-order valence-corrected chi connectivity index (χ2v) is 6.29. The topological polar surface area (TPSA) is 67.8 Å². The van der Waals surface area contributed by atoms with Crippen molar-refractivity contribution in [2.45, 2.75) is 45.8 Å². The van der Waals surface area contributed by atoms with Gasteiger partial charge in [0, 0.05) is 0 Å². The highest BCUT2D eigenvalue weighted by molar-refractivity contribution is 5.68. The van der Waals surface area contributed by atoms with Gasteiger partial charge in [-0.15, -0.1) is 0 Å². The fraction of sp³-hybridized carbons (Fsp3) is 0.533. The first kappa shape index (κ1) is 16.1. The van der Waals surface area contributed by atoms with Gasteiger partial charge in [-0.2, -0.15) is 0 Å². The van der Waals surface area contributed by atoms with Crippen LogP contribution in [-0.2, 0) is 4.74 Å². The normalized spacial score (nSPS) is 11.8. The van der Waals surface area contributed by atoms with Gasteiger partial charge >= 0.3 is 6.09 Å². The third kappa shape index (κ3) is 6.31. The molecule has 0 bridgehead atoms. The van der Waals surface area contributed by atoms with Crippen LogP contribution in [0.3, 0.4) is 0 Å². The summed E-state index contributed by atoms with van der Waals surface area (Å²) in [7, 11) is 0. The number of carbonyl (C=O) groups excluding carboxylic acids is 1. The molecule has 0 aliphatic heterocycles. The summed E-state index contributed by atoms with van der Waals surface area (Å²) in [6, 6.07) is 6.42. The van der Waals surface area contributed by atoms with Gasteiger partial charge in [0.15, 0.2) is 0 Å². The minimum Gasteiger partial charge on any atom is -0.508 e. The maximum atomic E-state index is 11.7. The molecule has 0 fully saturated rings. The highest BCUT2D eigenvalue weighted by atomic mass is 16.6.